The Morgan fingerprint density at radius 3 is 3.18 bits per heavy atom. The molecule has 94 valence electrons. The van der Waals surface area contributed by atoms with Crippen LogP contribution >= 0.6 is 27.3 Å². The normalized spacial score (nSPS) is 20.2. The van der Waals surface area contributed by atoms with Crippen molar-refractivity contribution in [2.45, 2.75) is 12.6 Å². The van der Waals surface area contributed by atoms with Crippen molar-refractivity contribution in [3.05, 3.63) is 20.8 Å². The monoisotopic (exact) mass is 318 g/mol. The zero-order valence-corrected chi connectivity index (χ0v) is 12.0. The maximum absolute atomic E-state index is 12.1. The molecule has 0 spiro atoms. The predicted molar refractivity (Wildman–Crippen MR) is 71.1 cm³/mol. The van der Waals surface area contributed by atoms with E-state index in [4.69, 9.17) is 4.74 Å². The van der Waals surface area contributed by atoms with Crippen molar-refractivity contribution in [2.24, 2.45) is 0 Å². The fraction of sp³-hybridized carbons (Fsp3) is 0.545. The molecule has 0 saturated carbocycles. The van der Waals surface area contributed by atoms with Gasteiger partial charge in [0.2, 0.25) is 5.91 Å². The van der Waals surface area contributed by atoms with Gasteiger partial charge in [-0.15, -0.1) is 11.3 Å². The lowest BCUT2D eigenvalue weighted by molar-refractivity contribution is -0.135. The molecule has 0 aromatic carbocycles. The molecule has 17 heavy (non-hydrogen) atoms. The first kappa shape index (κ1) is 13.0. The maximum atomic E-state index is 12.1. The summed E-state index contributed by atoms with van der Waals surface area (Å²) in [6.45, 7) is 2.55. The molecule has 1 aromatic heterocycles. The van der Waals surface area contributed by atoms with E-state index in [0.717, 1.165) is 11.0 Å². The van der Waals surface area contributed by atoms with Crippen LogP contribution in [-0.2, 0) is 16.1 Å². The lowest BCUT2D eigenvalue weighted by Crippen LogP contribution is -2.51. The van der Waals surface area contributed by atoms with Crippen LogP contribution in [0.3, 0.4) is 0 Å². The van der Waals surface area contributed by atoms with E-state index in [-0.39, 0.29) is 11.9 Å². The van der Waals surface area contributed by atoms with Crippen LogP contribution < -0.4 is 5.32 Å². The molecule has 2 rings (SSSR count). The molecule has 1 amide bonds. The van der Waals surface area contributed by atoms with Crippen LogP contribution in [0.25, 0.3) is 0 Å². The highest BCUT2D eigenvalue weighted by atomic mass is 79.9. The van der Waals surface area contributed by atoms with E-state index in [1.54, 1.807) is 16.2 Å². The number of carbonyl (C=O) groups is 1. The molecular formula is C11H15BrN2O2S. The summed E-state index contributed by atoms with van der Waals surface area (Å²) in [5.74, 6) is 0.0919. The molecule has 2 heterocycles. The Hall–Kier alpha value is -0.430. The Labute approximate surface area is 113 Å². The summed E-state index contributed by atoms with van der Waals surface area (Å²) in [7, 11) is 1.83. The highest BCUT2D eigenvalue weighted by Crippen LogP contribution is 2.21. The summed E-state index contributed by atoms with van der Waals surface area (Å²) in [6.07, 6.45) is 0. The Balaban J connectivity index is 1.90. The van der Waals surface area contributed by atoms with Gasteiger partial charge in [-0.25, -0.2) is 0 Å². The zero-order chi connectivity index (χ0) is 12.3. The number of carbonyl (C=O) groups excluding carboxylic acids is 1. The van der Waals surface area contributed by atoms with Crippen LogP contribution in [0, 0.1) is 0 Å². The molecule has 1 aromatic rings. The average molecular weight is 319 g/mol. The van der Waals surface area contributed by atoms with Gasteiger partial charge in [0.25, 0.3) is 0 Å². The number of amides is 1. The molecule has 1 atom stereocenters. The van der Waals surface area contributed by atoms with Crippen molar-refractivity contribution >= 4 is 33.2 Å². The van der Waals surface area contributed by atoms with Crippen molar-refractivity contribution < 1.29 is 9.53 Å². The number of likely N-dealkylation sites (N-methyl/N-ethyl adjacent to an activating group) is 1. The van der Waals surface area contributed by atoms with Gasteiger partial charge in [-0.1, -0.05) is 0 Å². The van der Waals surface area contributed by atoms with Crippen molar-refractivity contribution in [3.63, 3.8) is 0 Å². The minimum Gasteiger partial charge on any atom is -0.378 e. The van der Waals surface area contributed by atoms with E-state index >= 15 is 0 Å². The Bertz CT molecular complexity index is 391. The first-order chi connectivity index (χ1) is 8.16. The molecule has 1 fully saturated rings. The third kappa shape index (κ3) is 3.51. The molecular weight excluding hydrogens is 304 g/mol. The van der Waals surface area contributed by atoms with Crippen LogP contribution in [0.5, 0.6) is 0 Å². The summed E-state index contributed by atoms with van der Waals surface area (Å²) in [6, 6.07) is 1.84. The van der Waals surface area contributed by atoms with Gasteiger partial charge in [-0.3, -0.25) is 4.79 Å². The van der Waals surface area contributed by atoms with Crippen LogP contribution in [0.4, 0.5) is 0 Å². The van der Waals surface area contributed by atoms with Gasteiger partial charge >= 0.3 is 0 Å². The first-order valence-electron chi connectivity index (χ1n) is 5.46. The molecule has 1 aliphatic rings. The fourth-order valence-corrected chi connectivity index (χ4v) is 3.24. The van der Waals surface area contributed by atoms with Gasteiger partial charge in [0.05, 0.1) is 19.8 Å². The van der Waals surface area contributed by atoms with E-state index in [9.17, 15) is 4.79 Å². The standard InChI is InChI=1S/C11H15BrN2O2S/c1-14(5-9-4-8(12)7-17-9)11(15)10-6-16-3-2-13-10/h4,7,10,13H,2-3,5-6H2,1H3. The van der Waals surface area contributed by atoms with Gasteiger partial charge in [0, 0.05) is 28.3 Å². The number of halogens is 1. The molecule has 1 unspecified atom stereocenters. The number of thiophene rings is 1. The first-order valence-corrected chi connectivity index (χ1v) is 7.13. The number of ether oxygens (including phenoxy) is 1. The number of rotatable bonds is 3. The summed E-state index contributed by atoms with van der Waals surface area (Å²) in [5.41, 5.74) is 0. The summed E-state index contributed by atoms with van der Waals surface area (Å²) < 4.78 is 6.36. The van der Waals surface area contributed by atoms with Crippen LogP contribution in [0.1, 0.15) is 4.88 Å². The second-order valence-corrected chi connectivity index (χ2v) is 5.92. The van der Waals surface area contributed by atoms with Gasteiger partial charge in [-0.2, -0.15) is 0 Å². The SMILES string of the molecule is CN(Cc1cc(Br)cs1)C(=O)C1COCCN1. The van der Waals surface area contributed by atoms with E-state index in [2.05, 4.69) is 21.2 Å². The molecule has 1 aliphatic heterocycles. The smallest absolute Gasteiger partial charge is 0.242 e. The zero-order valence-electron chi connectivity index (χ0n) is 9.61. The van der Waals surface area contributed by atoms with E-state index in [1.165, 1.54) is 4.88 Å². The van der Waals surface area contributed by atoms with E-state index in [0.29, 0.717) is 19.8 Å². The predicted octanol–water partition coefficient (Wildman–Crippen LogP) is 1.46. The quantitative estimate of drug-likeness (QED) is 0.917. The third-order valence-corrected chi connectivity index (χ3v) is 4.29. The van der Waals surface area contributed by atoms with Crippen molar-refractivity contribution in [1.82, 2.24) is 10.2 Å². The molecule has 0 aliphatic carbocycles. The number of hydrogen-bond acceptors (Lipinski definition) is 4. The van der Waals surface area contributed by atoms with Gasteiger partial charge in [0.15, 0.2) is 0 Å². The molecule has 0 bridgehead atoms. The average Bonchev–Trinajstić information content (AvgIpc) is 2.75. The second-order valence-electron chi connectivity index (χ2n) is 4.01. The second kappa shape index (κ2) is 5.95. The summed E-state index contributed by atoms with van der Waals surface area (Å²) in [4.78, 5) is 15.0. The lowest BCUT2D eigenvalue weighted by Gasteiger charge is -2.27. The van der Waals surface area contributed by atoms with Crippen molar-refractivity contribution in [1.29, 1.82) is 0 Å². The number of morpholine rings is 1. The molecule has 1 N–H and O–H groups in total. The minimum absolute atomic E-state index is 0.0919. The Kier molecular flexibility index (Phi) is 4.55. The summed E-state index contributed by atoms with van der Waals surface area (Å²) in [5, 5.41) is 5.19. The minimum atomic E-state index is -0.197. The van der Waals surface area contributed by atoms with Gasteiger partial charge in [-0.05, 0) is 22.0 Å². The number of nitrogens with one attached hydrogen (secondary N) is 1. The topological polar surface area (TPSA) is 41.6 Å². The Morgan fingerprint density at radius 1 is 1.76 bits per heavy atom. The van der Waals surface area contributed by atoms with Crippen LogP contribution in [-0.4, -0.2) is 43.7 Å². The van der Waals surface area contributed by atoms with Crippen molar-refractivity contribution in [2.75, 3.05) is 26.8 Å². The van der Waals surface area contributed by atoms with Gasteiger partial charge in [0.1, 0.15) is 6.04 Å². The number of hydrogen-bond donors (Lipinski definition) is 1. The van der Waals surface area contributed by atoms with E-state index < -0.39 is 0 Å². The molecule has 4 nitrogen and oxygen atoms in total. The van der Waals surface area contributed by atoms with Crippen LogP contribution in [0.15, 0.2) is 15.9 Å². The maximum Gasteiger partial charge on any atom is 0.242 e. The van der Waals surface area contributed by atoms with Crippen molar-refractivity contribution in [3.8, 4) is 0 Å². The highest BCUT2D eigenvalue weighted by molar-refractivity contribution is 9.10. The highest BCUT2D eigenvalue weighted by Gasteiger charge is 2.24. The molecule has 1 saturated heterocycles. The fourth-order valence-electron chi connectivity index (χ4n) is 1.74. The van der Waals surface area contributed by atoms with Crippen LogP contribution in [0.2, 0.25) is 0 Å². The lowest BCUT2D eigenvalue weighted by atomic mass is 10.2. The van der Waals surface area contributed by atoms with Gasteiger partial charge < -0.3 is 15.0 Å². The third-order valence-electron chi connectivity index (χ3n) is 2.61. The molecule has 0 radical (unpaired) electrons. The Morgan fingerprint density at radius 2 is 2.59 bits per heavy atom. The number of nitrogens with zero attached hydrogens (tertiary/aromatic N) is 1. The molecule has 6 heteroatoms. The largest absolute Gasteiger partial charge is 0.378 e. The van der Waals surface area contributed by atoms with E-state index in [1.807, 2.05) is 18.5 Å². The summed E-state index contributed by atoms with van der Waals surface area (Å²) >= 11 is 5.06.